The normalized spacial score (nSPS) is 16.5. The van der Waals surface area contributed by atoms with Gasteiger partial charge in [-0.25, -0.2) is 0 Å². The molecule has 0 saturated heterocycles. The van der Waals surface area contributed by atoms with Crippen molar-refractivity contribution in [2.45, 2.75) is 151 Å². The summed E-state index contributed by atoms with van der Waals surface area (Å²) >= 11 is 0. The summed E-state index contributed by atoms with van der Waals surface area (Å²) in [5, 5.41) is -0.340. The Morgan fingerprint density at radius 2 is 0.830 bits per heavy atom. The number of nitrogens with zero attached hydrogens (tertiary/aromatic N) is 2. The third-order valence-electron chi connectivity index (χ3n) is 9.62. The molecule has 0 aliphatic carbocycles. The Bertz CT molecular complexity index is 766. The van der Waals surface area contributed by atoms with Crippen molar-refractivity contribution in [3.8, 4) is 0 Å². The molecule has 0 aromatic heterocycles. The van der Waals surface area contributed by atoms with Gasteiger partial charge in [0, 0.05) is 65.9 Å². The first-order valence-corrected chi connectivity index (χ1v) is 27.3. The Morgan fingerprint density at radius 1 is 0.491 bits per heavy atom. The van der Waals surface area contributed by atoms with Crippen molar-refractivity contribution < 1.29 is 36.0 Å². The maximum absolute atomic E-state index is 6.40. The monoisotopic (exact) mass is 827 g/mol. The second kappa shape index (κ2) is 32.4. The van der Waals surface area contributed by atoms with Crippen molar-refractivity contribution in [3.63, 3.8) is 0 Å². The summed E-state index contributed by atoms with van der Waals surface area (Å²) in [6.45, 7) is 42.8. The van der Waals surface area contributed by atoms with E-state index in [1.807, 2.05) is 0 Å². The van der Waals surface area contributed by atoms with Gasteiger partial charge in [-0.2, -0.15) is 0 Å². The van der Waals surface area contributed by atoms with Gasteiger partial charge in [0.05, 0.1) is 10.4 Å². The first-order valence-electron chi connectivity index (χ1n) is 21.6. The van der Waals surface area contributed by atoms with Crippen LogP contribution in [0, 0.1) is 11.8 Å². The maximum atomic E-state index is 6.40. The van der Waals surface area contributed by atoms with Crippen LogP contribution < -0.4 is 0 Å². The van der Waals surface area contributed by atoms with E-state index in [0.717, 1.165) is 124 Å². The van der Waals surface area contributed by atoms with Crippen LogP contribution in [0.15, 0.2) is 0 Å². The molecule has 0 saturated carbocycles. The Kier molecular flexibility index (Phi) is 32.7. The van der Waals surface area contributed by atoms with Crippen LogP contribution in [-0.4, -0.2) is 150 Å². The fourth-order valence-corrected chi connectivity index (χ4v) is 13.4. The van der Waals surface area contributed by atoms with Gasteiger partial charge in [-0.3, -0.25) is 0 Å². The van der Waals surface area contributed by atoms with E-state index in [2.05, 4.69) is 107 Å². The largest absolute Gasteiger partial charge is 0.421 e. The van der Waals surface area contributed by atoms with Crippen LogP contribution in [0.3, 0.4) is 0 Å². The fourth-order valence-electron chi connectivity index (χ4n) is 6.52. The molecule has 10 nitrogen and oxygen atoms in total. The van der Waals surface area contributed by atoms with Crippen LogP contribution in [0.2, 0.25) is 11.1 Å². The van der Waals surface area contributed by atoms with Gasteiger partial charge >= 0.3 is 18.6 Å². The van der Waals surface area contributed by atoms with Crippen LogP contribution in [0.25, 0.3) is 0 Å². The van der Waals surface area contributed by atoms with E-state index in [1.54, 1.807) is 0 Å². The van der Waals surface area contributed by atoms with E-state index in [1.165, 1.54) is 0 Å². The van der Waals surface area contributed by atoms with E-state index in [4.69, 9.17) is 36.0 Å². The SMILES string of the molecule is CCO[SiH](OCC)C(C)CCN(CCCN(CCC(C)[SiH](OCC)OCC)CCC(C)(OCC)[SiH2]OCC(C)C)CCC(C)(OCC)[SiH2]OCC(C)C. The number of rotatable bonds is 38. The Balaban J connectivity index is 5.96. The lowest BCUT2D eigenvalue weighted by atomic mass is 10.2. The van der Waals surface area contributed by atoms with Gasteiger partial charge in [0.1, 0.15) is 0 Å². The molecule has 0 heterocycles. The summed E-state index contributed by atoms with van der Waals surface area (Å²) in [6, 6.07) is 0. The molecule has 0 aliphatic heterocycles. The zero-order chi connectivity index (χ0) is 40.1. The van der Waals surface area contributed by atoms with Gasteiger partial charge in [-0.1, -0.05) is 41.5 Å². The quantitative estimate of drug-likeness (QED) is 0.0701. The summed E-state index contributed by atoms with van der Waals surface area (Å²) in [4.78, 5) is 5.36. The van der Waals surface area contributed by atoms with E-state index >= 15 is 0 Å². The Labute approximate surface area is 337 Å². The highest BCUT2D eigenvalue weighted by atomic mass is 28.3. The summed E-state index contributed by atoms with van der Waals surface area (Å²) in [5.74, 6) is 1.08. The van der Waals surface area contributed by atoms with Crippen LogP contribution in [0.5, 0.6) is 0 Å². The first-order chi connectivity index (χ1) is 25.2. The van der Waals surface area contributed by atoms with Gasteiger partial charge in [0.25, 0.3) is 0 Å². The standard InChI is InChI=1S/C39H90N2O8Si4/c1-15-42-38(13,50-44-32-34(7)8)24-30-40(28-22-36(11)52(46-17-3)47-18-4)26-21-27-41(29-23-37(12)53(48-19-5)49-20-6)31-25-39(14,43-16-2)51-45-33-35(9)10/h34-37,52-53H,15-33,50-51H2,1-14H3. The molecule has 0 bridgehead atoms. The minimum atomic E-state index is -1.71. The van der Waals surface area contributed by atoms with Crippen molar-refractivity contribution in [2.75, 3.05) is 92.1 Å². The molecule has 0 spiro atoms. The van der Waals surface area contributed by atoms with Gasteiger partial charge in [-0.15, -0.1) is 0 Å². The average Bonchev–Trinajstić information content (AvgIpc) is 3.09. The second-order valence-electron chi connectivity index (χ2n) is 16.2. The van der Waals surface area contributed by atoms with Gasteiger partial charge in [-0.05, 0) is 137 Å². The molecule has 320 valence electrons. The first kappa shape index (κ1) is 53.5. The predicted octanol–water partition coefficient (Wildman–Crippen LogP) is 5.93. The lowest BCUT2D eigenvalue weighted by molar-refractivity contribution is 0.0103. The third kappa shape index (κ3) is 26.9. The Morgan fingerprint density at radius 3 is 1.11 bits per heavy atom. The highest BCUT2D eigenvalue weighted by Crippen LogP contribution is 2.22. The van der Waals surface area contributed by atoms with Crippen molar-refractivity contribution >= 4 is 38.1 Å². The predicted molar refractivity (Wildman–Crippen MR) is 234 cm³/mol. The van der Waals surface area contributed by atoms with Crippen LogP contribution in [0.4, 0.5) is 0 Å². The summed E-state index contributed by atoms with van der Waals surface area (Å²) < 4.78 is 49.9. The summed E-state index contributed by atoms with van der Waals surface area (Å²) in [5.41, 5.74) is 0.895. The van der Waals surface area contributed by atoms with Gasteiger partial charge in [0.15, 0.2) is 19.5 Å². The fraction of sp³-hybridized carbons (Fsp3) is 1.00. The second-order valence-corrected chi connectivity index (χ2v) is 25.7. The molecule has 0 aromatic rings. The Hall–Kier alpha value is 0.468. The van der Waals surface area contributed by atoms with E-state index < -0.39 is 38.1 Å². The molecule has 0 aromatic carbocycles. The zero-order valence-electron chi connectivity index (χ0n) is 37.5. The highest BCUT2D eigenvalue weighted by Gasteiger charge is 2.30. The molecule has 0 radical (unpaired) electrons. The number of hydrogen-bond acceptors (Lipinski definition) is 10. The molecule has 0 N–H and O–H groups in total. The van der Waals surface area contributed by atoms with Crippen molar-refractivity contribution in [1.82, 2.24) is 9.80 Å². The molecule has 14 heteroatoms. The molecule has 53 heavy (non-hydrogen) atoms. The van der Waals surface area contributed by atoms with E-state index in [0.29, 0.717) is 22.9 Å². The lowest BCUT2D eigenvalue weighted by Crippen LogP contribution is -2.43. The molecular weight excluding hydrogens is 737 g/mol. The van der Waals surface area contributed by atoms with Crippen molar-refractivity contribution in [2.24, 2.45) is 11.8 Å². The zero-order valence-corrected chi connectivity index (χ0v) is 42.6. The summed E-state index contributed by atoms with van der Waals surface area (Å²) in [7, 11) is -5.12. The van der Waals surface area contributed by atoms with Crippen molar-refractivity contribution in [3.05, 3.63) is 0 Å². The molecule has 0 rings (SSSR count). The minimum absolute atomic E-state index is 0.170. The topological polar surface area (TPSA) is 80.3 Å². The van der Waals surface area contributed by atoms with Gasteiger partial charge in [0.2, 0.25) is 0 Å². The molecule has 0 fully saturated rings. The molecular formula is C39H90N2O8Si4. The molecule has 4 atom stereocenters. The third-order valence-corrected chi connectivity index (χ3v) is 18.0. The summed E-state index contributed by atoms with van der Waals surface area (Å²) in [6.07, 6.45) is 5.26. The smallest absolute Gasteiger partial charge is 0.324 e. The van der Waals surface area contributed by atoms with Gasteiger partial charge < -0.3 is 45.8 Å². The molecule has 4 unspecified atom stereocenters. The van der Waals surface area contributed by atoms with Crippen LogP contribution in [0.1, 0.15) is 129 Å². The highest BCUT2D eigenvalue weighted by molar-refractivity contribution is 6.46. The van der Waals surface area contributed by atoms with E-state index in [9.17, 15) is 0 Å². The van der Waals surface area contributed by atoms with Crippen LogP contribution >= 0.6 is 0 Å². The maximum Gasteiger partial charge on any atom is 0.324 e. The number of hydrogen-bond donors (Lipinski definition) is 0. The average molecular weight is 827 g/mol. The molecule has 0 aliphatic rings. The van der Waals surface area contributed by atoms with Crippen LogP contribution in [-0.2, 0) is 36.0 Å². The minimum Gasteiger partial charge on any atom is -0.421 e. The lowest BCUT2D eigenvalue weighted by Gasteiger charge is -2.34. The molecule has 0 amide bonds. The number of ether oxygens (including phenoxy) is 2. The van der Waals surface area contributed by atoms with Crippen molar-refractivity contribution in [1.29, 1.82) is 0 Å². The van der Waals surface area contributed by atoms with E-state index in [-0.39, 0.29) is 10.4 Å².